The fourth-order valence-electron chi connectivity index (χ4n) is 1.54. The topological polar surface area (TPSA) is 41.6 Å². The van der Waals surface area contributed by atoms with Crippen LogP contribution in [0.2, 0.25) is 0 Å². The molecule has 1 amide bonds. The zero-order valence-electron chi connectivity index (χ0n) is 9.30. The van der Waals surface area contributed by atoms with Crippen molar-refractivity contribution in [2.45, 2.75) is 32.7 Å². The lowest BCUT2D eigenvalue weighted by Gasteiger charge is -2.20. The van der Waals surface area contributed by atoms with Crippen molar-refractivity contribution in [1.29, 1.82) is 0 Å². The number of nitrogens with zero attached hydrogens (tertiary/aromatic N) is 1. The molecule has 0 bridgehead atoms. The summed E-state index contributed by atoms with van der Waals surface area (Å²) in [6.45, 7) is 8.61. The first-order chi connectivity index (χ1) is 6.64. The van der Waals surface area contributed by atoms with Gasteiger partial charge in [-0.2, -0.15) is 0 Å². The van der Waals surface area contributed by atoms with Crippen LogP contribution in [0.5, 0.6) is 0 Å². The molecule has 4 heteroatoms. The van der Waals surface area contributed by atoms with Gasteiger partial charge in [0.2, 0.25) is 5.91 Å². The summed E-state index contributed by atoms with van der Waals surface area (Å²) in [6, 6.07) is 0. The number of hydrogen-bond acceptors (Lipinski definition) is 3. The van der Waals surface area contributed by atoms with Crippen LogP contribution in [-0.2, 0) is 9.53 Å². The Hall–Kier alpha value is -0.610. The Bertz CT molecular complexity index is 208. The van der Waals surface area contributed by atoms with Gasteiger partial charge in [-0.3, -0.25) is 10.1 Å². The molecule has 1 unspecified atom stereocenters. The minimum Gasteiger partial charge on any atom is -0.380 e. The van der Waals surface area contributed by atoms with Crippen LogP contribution in [0.25, 0.3) is 0 Å². The molecule has 1 rings (SSSR count). The molecule has 1 fully saturated rings. The van der Waals surface area contributed by atoms with E-state index in [1.807, 2.05) is 25.7 Å². The van der Waals surface area contributed by atoms with Gasteiger partial charge in [-0.05, 0) is 20.3 Å². The molecule has 1 aliphatic rings. The standard InChI is InChI=1S/C10H20N2O2/c1-4-10(3)9(13)12(8-11-10)6-7-14-5-2/h11H,4-8H2,1-3H3. The molecule has 0 aromatic rings. The molecule has 1 saturated heterocycles. The Kier molecular flexibility index (Phi) is 3.89. The van der Waals surface area contributed by atoms with Crippen molar-refractivity contribution >= 4 is 5.91 Å². The van der Waals surface area contributed by atoms with Gasteiger partial charge in [0.15, 0.2) is 0 Å². The summed E-state index contributed by atoms with van der Waals surface area (Å²) in [6.07, 6.45) is 0.830. The summed E-state index contributed by atoms with van der Waals surface area (Å²) < 4.78 is 5.22. The number of carbonyl (C=O) groups excluding carboxylic acids is 1. The number of carbonyl (C=O) groups is 1. The van der Waals surface area contributed by atoms with E-state index in [1.54, 1.807) is 0 Å². The number of hydrogen-bond donors (Lipinski definition) is 1. The highest BCUT2D eigenvalue weighted by Gasteiger charge is 2.40. The van der Waals surface area contributed by atoms with Crippen LogP contribution in [0.1, 0.15) is 27.2 Å². The average molecular weight is 200 g/mol. The van der Waals surface area contributed by atoms with Crippen LogP contribution in [0.4, 0.5) is 0 Å². The number of nitrogens with one attached hydrogen (secondary N) is 1. The molecule has 14 heavy (non-hydrogen) atoms. The van der Waals surface area contributed by atoms with E-state index in [1.165, 1.54) is 0 Å². The van der Waals surface area contributed by atoms with Gasteiger partial charge in [0.05, 0.1) is 18.8 Å². The number of amides is 1. The van der Waals surface area contributed by atoms with Gasteiger partial charge in [0.25, 0.3) is 0 Å². The Labute approximate surface area is 85.6 Å². The van der Waals surface area contributed by atoms with Gasteiger partial charge in [-0.15, -0.1) is 0 Å². The maximum Gasteiger partial charge on any atom is 0.243 e. The lowest BCUT2D eigenvalue weighted by Crippen LogP contribution is -2.43. The Morgan fingerprint density at radius 1 is 1.57 bits per heavy atom. The van der Waals surface area contributed by atoms with Gasteiger partial charge in [-0.25, -0.2) is 0 Å². The van der Waals surface area contributed by atoms with E-state index in [0.29, 0.717) is 26.4 Å². The van der Waals surface area contributed by atoms with Crippen molar-refractivity contribution in [1.82, 2.24) is 10.2 Å². The zero-order valence-corrected chi connectivity index (χ0v) is 9.30. The highest BCUT2D eigenvalue weighted by Crippen LogP contribution is 2.18. The van der Waals surface area contributed by atoms with Crippen molar-refractivity contribution in [2.24, 2.45) is 0 Å². The molecule has 1 N–H and O–H groups in total. The molecule has 0 aliphatic carbocycles. The zero-order chi connectivity index (χ0) is 10.6. The third-order valence-corrected chi connectivity index (χ3v) is 2.84. The second-order valence-electron chi connectivity index (χ2n) is 3.79. The Morgan fingerprint density at radius 2 is 2.29 bits per heavy atom. The highest BCUT2D eigenvalue weighted by atomic mass is 16.5. The molecule has 0 radical (unpaired) electrons. The minimum absolute atomic E-state index is 0.194. The molecular formula is C10H20N2O2. The molecule has 0 aromatic heterocycles. The maximum atomic E-state index is 11.9. The quantitative estimate of drug-likeness (QED) is 0.660. The van der Waals surface area contributed by atoms with Crippen LogP contribution in [-0.4, -0.2) is 42.8 Å². The summed E-state index contributed by atoms with van der Waals surface area (Å²) in [5.74, 6) is 0.194. The summed E-state index contributed by atoms with van der Waals surface area (Å²) in [4.78, 5) is 13.7. The lowest BCUT2D eigenvalue weighted by molar-refractivity contribution is -0.132. The minimum atomic E-state index is -0.355. The average Bonchev–Trinajstić information content (AvgIpc) is 2.47. The summed E-state index contributed by atoms with van der Waals surface area (Å²) in [5.41, 5.74) is -0.355. The summed E-state index contributed by atoms with van der Waals surface area (Å²) in [7, 11) is 0. The first-order valence-corrected chi connectivity index (χ1v) is 5.26. The van der Waals surface area contributed by atoms with E-state index in [2.05, 4.69) is 5.32 Å². The molecule has 1 aliphatic heterocycles. The second-order valence-corrected chi connectivity index (χ2v) is 3.79. The van der Waals surface area contributed by atoms with Crippen LogP contribution in [0.15, 0.2) is 0 Å². The first-order valence-electron chi connectivity index (χ1n) is 5.26. The normalized spacial score (nSPS) is 27.4. The number of rotatable bonds is 5. The van der Waals surface area contributed by atoms with Crippen molar-refractivity contribution in [3.05, 3.63) is 0 Å². The molecule has 82 valence electrons. The van der Waals surface area contributed by atoms with Gasteiger partial charge in [0.1, 0.15) is 0 Å². The van der Waals surface area contributed by atoms with Crippen molar-refractivity contribution in [2.75, 3.05) is 26.4 Å². The van der Waals surface area contributed by atoms with E-state index in [4.69, 9.17) is 4.74 Å². The second kappa shape index (κ2) is 4.75. The van der Waals surface area contributed by atoms with Crippen LogP contribution >= 0.6 is 0 Å². The van der Waals surface area contributed by atoms with E-state index in [0.717, 1.165) is 6.42 Å². The largest absolute Gasteiger partial charge is 0.380 e. The van der Waals surface area contributed by atoms with Crippen molar-refractivity contribution in [3.8, 4) is 0 Å². The highest BCUT2D eigenvalue weighted by molar-refractivity contribution is 5.87. The van der Waals surface area contributed by atoms with Crippen molar-refractivity contribution in [3.63, 3.8) is 0 Å². The Morgan fingerprint density at radius 3 is 2.79 bits per heavy atom. The fraction of sp³-hybridized carbons (Fsp3) is 0.900. The van der Waals surface area contributed by atoms with Crippen LogP contribution < -0.4 is 5.32 Å². The Balaban J connectivity index is 2.40. The summed E-state index contributed by atoms with van der Waals surface area (Å²) >= 11 is 0. The predicted molar refractivity (Wildman–Crippen MR) is 54.9 cm³/mol. The maximum absolute atomic E-state index is 11.9. The molecule has 0 saturated carbocycles. The van der Waals surface area contributed by atoms with Gasteiger partial charge in [0, 0.05) is 13.2 Å². The van der Waals surface area contributed by atoms with E-state index < -0.39 is 0 Å². The van der Waals surface area contributed by atoms with Gasteiger partial charge < -0.3 is 9.64 Å². The van der Waals surface area contributed by atoms with Gasteiger partial charge >= 0.3 is 0 Å². The third-order valence-electron chi connectivity index (χ3n) is 2.84. The fourth-order valence-corrected chi connectivity index (χ4v) is 1.54. The van der Waals surface area contributed by atoms with Crippen LogP contribution in [0.3, 0.4) is 0 Å². The van der Waals surface area contributed by atoms with E-state index in [-0.39, 0.29) is 11.4 Å². The molecule has 1 heterocycles. The van der Waals surface area contributed by atoms with Gasteiger partial charge in [-0.1, -0.05) is 6.92 Å². The number of ether oxygens (including phenoxy) is 1. The lowest BCUT2D eigenvalue weighted by atomic mass is 10.00. The molecular weight excluding hydrogens is 180 g/mol. The molecule has 0 aromatic carbocycles. The van der Waals surface area contributed by atoms with E-state index >= 15 is 0 Å². The molecule has 1 atom stereocenters. The third kappa shape index (κ3) is 2.25. The summed E-state index contributed by atoms with van der Waals surface area (Å²) in [5, 5.41) is 3.23. The van der Waals surface area contributed by atoms with Crippen molar-refractivity contribution < 1.29 is 9.53 Å². The van der Waals surface area contributed by atoms with Crippen LogP contribution in [0, 0.1) is 0 Å². The first kappa shape index (κ1) is 11.5. The van der Waals surface area contributed by atoms with E-state index in [9.17, 15) is 4.79 Å². The molecule has 0 spiro atoms. The molecule has 4 nitrogen and oxygen atoms in total. The monoisotopic (exact) mass is 200 g/mol. The SMILES string of the molecule is CCOCCN1CNC(C)(CC)C1=O. The predicted octanol–water partition coefficient (Wildman–Crippen LogP) is 0.581. The smallest absolute Gasteiger partial charge is 0.243 e.